The molecular weight excluding hydrogens is 236 g/mol. The number of nitrogens with one attached hydrogen (secondary N) is 1. The predicted molar refractivity (Wildman–Crippen MR) is 77.3 cm³/mol. The third-order valence-corrected chi connectivity index (χ3v) is 4.73. The summed E-state index contributed by atoms with van der Waals surface area (Å²) in [7, 11) is 3.92. The molecule has 0 radical (unpaired) electrons. The zero-order valence-electron chi connectivity index (χ0n) is 11.9. The minimum Gasteiger partial charge on any atom is -0.380 e. The number of methoxy groups -OCH3 is 1. The van der Waals surface area contributed by atoms with E-state index < -0.39 is 0 Å². The van der Waals surface area contributed by atoms with Crippen LogP contribution in [-0.4, -0.2) is 44.3 Å². The van der Waals surface area contributed by atoms with Crippen molar-refractivity contribution in [3.63, 3.8) is 0 Å². The van der Waals surface area contributed by atoms with Crippen LogP contribution in [0.15, 0.2) is 24.3 Å². The van der Waals surface area contributed by atoms with Gasteiger partial charge < -0.3 is 10.1 Å². The third kappa shape index (κ3) is 2.42. The summed E-state index contributed by atoms with van der Waals surface area (Å²) in [5, 5.41) is 3.52. The first-order valence-electron chi connectivity index (χ1n) is 7.35. The van der Waals surface area contributed by atoms with E-state index in [1.165, 1.54) is 30.5 Å². The maximum absolute atomic E-state index is 5.56. The maximum atomic E-state index is 5.56. The third-order valence-electron chi connectivity index (χ3n) is 4.73. The van der Waals surface area contributed by atoms with Crippen molar-refractivity contribution in [2.45, 2.75) is 37.5 Å². The Morgan fingerprint density at radius 1 is 1.32 bits per heavy atom. The number of ether oxygens (including phenoxy) is 1. The predicted octanol–water partition coefficient (Wildman–Crippen LogP) is 1.98. The molecule has 1 saturated heterocycles. The quantitative estimate of drug-likeness (QED) is 0.899. The normalized spacial score (nSPS) is 31.4. The average molecular weight is 260 g/mol. The Balaban J connectivity index is 1.79. The minimum atomic E-state index is 0.412. The first-order chi connectivity index (χ1) is 9.33. The number of piperidine rings is 1. The molecular formula is C16H24N2O. The van der Waals surface area contributed by atoms with Gasteiger partial charge in [0.25, 0.3) is 0 Å². The summed E-state index contributed by atoms with van der Waals surface area (Å²) >= 11 is 0. The van der Waals surface area contributed by atoms with E-state index in [2.05, 4.69) is 41.5 Å². The van der Waals surface area contributed by atoms with Crippen LogP contribution in [0.5, 0.6) is 0 Å². The van der Waals surface area contributed by atoms with Crippen molar-refractivity contribution < 1.29 is 4.74 Å². The molecule has 0 amide bonds. The number of nitrogens with zero attached hydrogens (tertiary/aromatic N) is 1. The van der Waals surface area contributed by atoms with Gasteiger partial charge in [-0.15, -0.1) is 0 Å². The summed E-state index contributed by atoms with van der Waals surface area (Å²) in [6, 6.07) is 9.90. The van der Waals surface area contributed by atoms with E-state index in [1.54, 1.807) is 0 Å². The van der Waals surface area contributed by atoms with Gasteiger partial charge in [-0.1, -0.05) is 24.3 Å². The number of fused-ring (bicyclic) bond motifs is 1. The van der Waals surface area contributed by atoms with Crippen molar-refractivity contribution in [3.8, 4) is 0 Å². The van der Waals surface area contributed by atoms with Crippen molar-refractivity contribution in [2.75, 3.05) is 27.2 Å². The molecule has 2 aliphatic rings. The van der Waals surface area contributed by atoms with Gasteiger partial charge in [-0.2, -0.15) is 0 Å². The maximum Gasteiger partial charge on any atom is 0.0698 e. The largest absolute Gasteiger partial charge is 0.380 e. The molecule has 19 heavy (non-hydrogen) atoms. The van der Waals surface area contributed by atoms with E-state index in [1.807, 2.05) is 7.11 Å². The number of hydrogen-bond donors (Lipinski definition) is 1. The van der Waals surface area contributed by atoms with E-state index in [0.29, 0.717) is 18.2 Å². The highest BCUT2D eigenvalue weighted by Gasteiger charge is 2.36. The van der Waals surface area contributed by atoms with Crippen LogP contribution in [0.4, 0.5) is 0 Å². The summed E-state index contributed by atoms with van der Waals surface area (Å²) in [5.41, 5.74) is 2.99. The van der Waals surface area contributed by atoms with Crippen LogP contribution >= 0.6 is 0 Å². The zero-order valence-corrected chi connectivity index (χ0v) is 11.9. The summed E-state index contributed by atoms with van der Waals surface area (Å²) in [5.74, 6) is 0. The summed E-state index contributed by atoms with van der Waals surface area (Å²) in [6.45, 7) is 2.28. The SMILES string of the molecule is CNC1c2ccccc2CC1N1CCCC(OC)C1. The van der Waals surface area contributed by atoms with Crippen molar-refractivity contribution in [2.24, 2.45) is 0 Å². The number of likely N-dealkylation sites (tertiary alicyclic amines) is 1. The van der Waals surface area contributed by atoms with Crippen LogP contribution in [-0.2, 0) is 11.2 Å². The molecule has 0 spiro atoms. The van der Waals surface area contributed by atoms with E-state index in [0.717, 1.165) is 13.0 Å². The molecule has 0 bridgehead atoms. The Labute approximate surface area is 115 Å². The van der Waals surface area contributed by atoms with E-state index in [9.17, 15) is 0 Å². The lowest BCUT2D eigenvalue weighted by atomic mass is 10.0. The second-order valence-corrected chi connectivity index (χ2v) is 5.73. The molecule has 1 N–H and O–H groups in total. The lowest BCUT2D eigenvalue weighted by Crippen LogP contribution is -2.49. The molecule has 3 rings (SSSR count). The van der Waals surface area contributed by atoms with Crippen molar-refractivity contribution >= 4 is 0 Å². The summed E-state index contributed by atoms with van der Waals surface area (Å²) in [6.07, 6.45) is 4.03. The Bertz CT molecular complexity index is 435. The van der Waals surface area contributed by atoms with Crippen molar-refractivity contribution in [1.82, 2.24) is 10.2 Å². The van der Waals surface area contributed by atoms with Crippen molar-refractivity contribution in [3.05, 3.63) is 35.4 Å². The van der Waals surface area contributed by atoms with Gasteiger partial charge in [0.2, 0.25) is 0 Å². The number of likely N-dealkylation sites (N-methyl/N-ethyl adjacent to an activating group) is 1. The molecule has 0 saturated carbocycles. The second kappa shape index (κ2) is 5.61. The molecule has 3 heteroatoms. The van der Waals surface area contributed by atoms with Crippen LogP contribution in [0.3, 0.4) is 0 Å². The highest BCUT2D eigenvalue weighted by atomic mass is 16.5. The van der Waals surface area contributed by atoms with Crippen LogP contribution < -0.4 is 5.32 Å². The lowest BCUT2D eigenvalue weighted by Gasteiger charge is -2.38. The molecule has 104 valence electrons. The lowest BCUT2D eigenvalue weighted by molar-refractivity contribution is 0.01000. The Morgan fingerprint density at radius 2 is 2.16 bits per heavy atom. The fraction of sp³-hybridized carbons (Fsp3) is 0.625. The molecule has 1 heterocycles. The topological polar surface area (TPSA) is 24.5 Å². The zero-order chi connectivity index (χ0) is 13.2. The van der Waals surface area contributed by atoms with Crippen molar-refractivity contribution in [1.29, 1.82) is 0 Å². The molecule has 1 aromatic rings. The average Bonchev–Trinajstić information content (AvgIpc) is 2.86. The second-order valence-electron chi connectivity index (χ2n) is 5.73. The molecule has 3 nitrogen and oxygen atoms in total. The summed E-state index contributed by atoms with van der Waals surface area (Å²) in [4.78, 5) is 2.62. The molecule has 0 aromatic heterocycles. The van der Waals surface area contributed by atoms with E-state index in [4.69, 9.17) is 4.74 Å². The smallest absolute Gasteiger partial charge is 0.0698 e. The van der Waals surface area contributed by atoms with E-state index in [-0.39, 0.29) is 0 Å². The molecule has 1 fully saturated rings. The standard InChI is InChI=1S/C16H24N2O/c1-17-16-14-8-4-3-6-12(14)10-15(16)18-9-5-7-13(11-18)19-2/h3-4,6,8,13,15-17H,5,7,9-11H2,1-2H3. The number of hydrogen-bond acceptors (Lipinski definition) is 3. The monoisotopic (exact) mass is 260 g/mol. The van der Waals surface area contributed by atoms with Crippen LogP contribution in [0.25, 0.3) is 0 Å². The van der Waals surface area contributed by atoms with Gasteiger partial charge in [-0.25, -0.2) is 0 Å². The van der Waals surface area contributed by atoms with E-state index >= 15 is 0 Å². The van der Waals surface area contributed by atoms with Gasteiger partial charge in [0, 0.05) is 25.7 Å². The van der Waals surface area contributed by atoms with Gasteiger partial charge in [-0.3, -0.25) is 4.90 Å². The molecule has 1 aromatic carbocycles. The van der Waals surface area contributed by atoms with Gasteiger partial charge in [0.15, 0.2) is 0 Å². The van der Waals surface area contributed by atoms with Crippen LogP contribution in [0, 0.1) is 0 Å². The van der Waals surface area contributed by atoms with Crippen LogP contribution in [0.1, 0.15) is 30.0 Å². The molecule has 3 atom stereocenters. The first-order valence-corrected chi connectivity index (χ1v) is 7.35. The highest BCUT2D eigenvalue weighted by molar-refractivity contribution is 5.37. The molecule has 3 unspecified atom stereocenters. The van der Waals surface area contributed by atoms with Crippen LogP contribution in [0.2, 0.25) is 0 Å². The number of rotatable bonds is 3. The minimum absolute atomic E-state index is 0.412. The molecule has 1 aliphatic heterocycles. The van der Waals surface area contributed by atoms with Gasteiger partial charge in [0.05, 0.1) is 6.10 Å². The van der Waals surface area contributed by atoms with Gasteiger partial charge in [-0.05, 0) is 44.0 Å². The fourth-order valence-electron chi connectivity index (χ4n) is 3.72. The first kappa shape index (κ1) is 13.1. The Morgan fingerprint density at radius 3 is 2.95 bits per heavy atom. The van der Waals surface area contributed by atoms with Gasteiger partial charge in [0.1, 0.15) is 0 Å². The number of benzene rings is 1. The van der Waals surface area contributed by atoms with Gasteiger partial charge >= 0.3 is 0 Å². The highest BCUT2D eigenvalue weighted by Crippen LogP contribution is 2.35. The fourth-order valence-corrected chi connectivity index (χ4v) is 3.72. The Hall–Kier alpha value is -0.900. The summed E-state index contributed by atoms with van der Waals surface area (Å²) < 4.78 is 5.56. The molecule has 1 aliphatic carbocycles. The Kier molecular flexibility index (Phi) is 3.87.